The van der Waals surface area contributed by atoms with Crippen molar-refractivity contribution < 1.29 is 4.79 Å². The molecule has 1 N–H and O–H groups in total. The predicted octanol–water partition coefficient (Wildman–Crippen LogP) is 3.70. The van der Waals surface area contributed by atoms with Gasteiger partial charge in [-0.15, -0.1) is 10.2 Å². The van der Waals surface area contributed by atoms with E-state index in [4.69, 9.17) is 0 Å². The number of nitrogens with one attached hydrogen (secondary N) is 1. The van der Waals surface area contributed by atoms with Gasteiger partial charge in [0.2, 0.25) is 5.91 Å². The van der Waals surface area contributed by atoms with Crippen molar-refractivity contribution in [3.05, 3.63) is 71.1 Å². The molecule has 0 aliphatic heterocycles. The highest BCUT2D eigenvalue weighted by atomic mass is 16.1. The lowest BCUT2D eigenvalue weighted by molar-refractivity contribution is -0.116. The minimum atomic E-state index is -0.0948. The molecule has 0 bridgehead atoms. The highest BCUT2D eigenvalue weighted by molar-refractivity contribution is 5.91. The standard InChI is InChI=1S/C23H27N5O/c1-16-4-7-21(8-5-16)28-17(2)14-19(18(28)3)6-11-23(29)24-13-12-22-26-25-15-27(22)20-9-10-20/h4-8,11,14-15,20H,9-10,12-13H2,1-3H3,(H,24,29)/b11-6+. The smallest absolute Gasteiger partial charge is 0.244 e. The molecule has 150 valence electrons. The molecule has 4 rings (SSSR count). The van der Waals surface area contributed by atoms with Crippen LogP contribution >= 0.6 is 0 Å². The van der Waals surface area contributed by atoms with Crippen molar-refractivity contribution in [1.82, 2.24) is 24.6 Å². The van der Waals surface area contributed by atoms with Gasteiger partial charge in [-0.1, -0.05) is 17.7 Å². The summed E-state index contributed by atoms with van der Waals surface area (Å²) in [6.45, 7) is 6.80. The number of aryl methyl sites for hydroxylation is 2. The molecule has 0 spiro atoms. The van der Waals surface area contributed by atoms with Crippen molar-refractivity contribution in [1.29, 1.82) is 0 Å². The zero-order valence-corrected chi connectivity index (χ0v) is 17.2. The van der Waals surface area contributed by atoms with Crippen LogP contribution in [0.2, 0.25) is 0 Å². The number of amides is 1. The van der Waals surface area contributed by atoms with E-state index in [-0.39, 0.29) is 5.91 Å². The number of rotatable bonds is 7. The Balaban J connectivity index is 1.37. The molecule has 2 aromatic heterocycles. The summed E-state index contributed by atoms with van der Waals surface area (Å²) in [4.78, 5) is 12.2. The van der Waals surface area contributed by atoms with Gasteiger partial charge in [-0.25, -0.2) is 0 Å². The molecule has 1 fully saturated rings. The lowest BCUT2D eigenvalue weighted by Crippen LogP contribution is -2.24. The lowest BCUT2D eigenvalue weighted by Gasteiger charge is -2.09. The maximum atomic E-state index is 12.2. The maximum absolute atomic E-state index is 12.2. The molecule has 1 aromatic carbocycles. The molecule has 1 amide bonds. The molecule has 0 atom stereocenters. The van der Waals surface area contributed by atoms with Crippen LogP contribution in [0, 0.1) is 20.8 Å². The summed E-state index contributed by atoms with van der Waals surface area (Å²) in [5.41, 5.74) is 5.68. The van der Waals surface area contributed by atoms with Gasteiger partial charge < -0.3 is 14.5 Å². The van der Waals surface area contributed by atoms with Gasteiger partial charge in [-0.3, -0.25) is 4.79 Å². The molecule has 1 aliphatic carbocycles. The third-order valence-electron chi connectivity index (χ3n) is 5.41. The second-order valence-corrected chi connectivity index (χ2v) is 7.76. The van der Waals surface area contributed by atoms with Crippen molar-refractivity contribution >= 4 is 12.0 Å². The summed E-state index contributed by atoms with van der Waals surface area (Å²) < 4.78 is 4.34. The molecule has 29 heavy (non-hydrogen) atoms. The molecule has 3 aromatic rings. The van der Waals surface area contributed by atoms with Gasteiger partial charge in [0.05, 0.1) is 0 Å². The van der Waals surface area contributed by atoms with E-state index < -0.39 is 0 Å². The summed E-state index contributed by atoms with van der Waals surface area (Å²) in [5.74, 6) is 0.848. The largest absolute Gasteiger partial charge is 0.352 e. The fourth-order valence-electron chi connectivity index (χ4n) is 3.67. The summed E-state index contributed by atoms with van der Waals surface area (Å²) in [7, 11) is 0. The topological polar surface area (TPSA) is 64.7 Å². The van der Waals surface area contributed by atoms with E-state index in [9.17, 15) is 4.79 Å². The molecular formula is C23H27N5O. The van der Waals surface area contributed by atoms with Crippen LogP contribution in [0.1, 0.15) is 47.2 Å². The first-order valence-electron chi connectivity index (χ1n) is 10.1. The Morgan fingerprint density at radius 2 is 1.97 bits per heavy atom. The van der Waals surface area contributed by atoms with E-state index in [1.54, 1.807) is 12.4 Å². The van der Waals surface area contributed by atoms with Gasteiger partial charge in [0, 0.05) is 42.2 Å². The lowest BCUT2D eigenvalue weighted by atomic mass is 10.2. The van der Waals surface area contributed by atoms with Crippen LogP contribution < -0.4 is 5.32 Å². The van der Waals surface area contributed by atoms with E-state index in [0.717, 1.165) is 28.5 Å². The summed E-state index contributed by atoms with van der Waals surface area (Å²) in [6.07, 6.45) is 8.36. The number of nitrogens with zero attached hydrogens (tertiary/aromatic N) is 4. The maximum Gasteiger partial charge on any atom is 0.244 e. The van der Waals surface area contributed by atoms with Crippen LogP contribution in [0.15, 0.2) is 42.7 Å². The van der Waals surface area contributed by atoms with Crippen LogP contribution in [0.3, 0.4) is 0 Å². The summed E-state index contributed by atoms with van der Waals surface area (Å²) in [6, 6.07) is 11.1. The van der Waals surface area contributed by atoms with Crippen LogP contribution in [0.4, 0.5) is 0 Å². The van der Waals surface area contributed by atoms with E-state index >= 15 is 0 Å². The minimum Gasteiger partial charge on any atom is -0.352 e. The zero-order valence-electron chi connectivity index (χ0n) is 17.2. The van der Waals surface area contributed by atoms with E-state index in [1.807, 2.05) is 6.08 Å². The number of carbonyl (C=O) groups is 1. The fraction of sp³-hybridized carbons (Fsp3) is 0.348. The normalized spacial score (nSPS) is 13.9. The van der Waals surface area contributed by atoms with Gasteiger partial charge in [0.15, 0.2) is 0 Å². The molecule has 0 saturated heterocycles. The molecule has 0 unspecified atom stereocenters. The molecule has 2 heterocycles. The number of hydrogen-bond donors (Lipinski definition) is 1. The first kappa shape index (κ1) is 19.2. The second kappa shape index (κ2) is 8.07. The third-order valence-corrected chi connectivity index (χ3v) is 5.41. The Kier molecular flexibility index (Phi) is 5.34. The average Bonchev–Trinajstić information content (AvgIpc) is 3.37. The van der Waals surface area contributed by atoms with Gasteiger partial charge in [-0.2, -0.15) is 0 Å². The Labute approximate surface area is 171 Å². The zero-order chi connectivity index (χ0) is 20.4. The number of aromatic nitrogens is 4. The predicted molar refractivity (Wildman–Crippen MR) is 114 cm³/mol. The number of benzene rings is 1. The molecule has 1 saturated carbocycles. The summed E-state index contributed by atoms with van der Waals surface area (Å²) >= 11 is 0. The van der Waals surface area contributed by atoms with E-state index in [2.05, 4.69) is 75.8 Å². The first-order chi connectivity index (χ1) is 14.0. The molecule has 6 heteroatoms. The average molecular weight is 390 g/mol. The second-order valence-electron chi connectivity index (χ2n) is 7.76. The monoisotopic (exact) mass is 389 g/mol. The van der Waals surface area contributed by atoms with Crippen LogP contribution in [-0.4, -0.2) is 31.8 Å². The van der Waals surface area contributed by atoms with Crippen molar-refractivity contribution in [2.75, 3.05) is 6.54 Å². The van der Waals surface area contributed by atoms with Crippen LogP contribution in [-0.2, 0) is 11.2 Å². The van der Waals surface area contributed by atoms with E-state index in [0.29, 0.717) is 19.0 Å². The molecular weight excluding hydrogens is 362 g/mol. The van der Waals surface area contributed by atoms with Gasteiger partial charge in [0.1, 0.15) is 12.2 Å². The minimum absolute atomic E-state index is 0.0948. The highest BCUT2D eigenvalue weighted by Crippen LogP contribution is 2.35. The van der Waals surface area contributed by atoms with Crippen molar-refractivity contribution in [2.24, 2.45) is 0 Å². The van der Waals surface area contributed by atoms with Crippen molar-refractivity contribution in [3.63, 3.8) is 0 Å². The van der Waals surface area contributed by atoms with Gasteiger partial charge in [-0.05, 0) is 63.5 Å². The quantitative estimate of drug-likeness (QED) is 0.627. The highest BCUT2D eigenvalue weighted by Gasteiger charge is 2.25. The fourth-order valence-corrected chi connectivity index (χ4v) is 3.67. The molecule has 6 nitrogen and oxygen atoms in total. The van der Waals surface area contributed by atoms with Crippen molar-refractivity contribution in [3.8, 4) is 5.69 Å². The van der Waals surface area contributed by atoms with Crippen molar-refractivity contribution in [2.45, 2.75) is 46.1 Å². The third kappa shape index (κ3) is 4.31. The first-order valence-corrected chi connectivity index (χ1v) is 10.1. The van der Waals surface area contributed by atoms with Crippen LogP contribution in [0.5, 0.6) is 0 Å². The molecule has 0 radical (unpaired) electrons. The van der Waals surface area contributed by atoms with E-state index in [1.165, 1.54) is 18.4 Å². The Morgan fingerprint density at radius 1 is 1.21 bits per heavy atom. The van der Waals surface area contributed by atoms with Gasteiger partial charge >= 0.3 is 0 Å². The summed E-state index contributed by atoms with van der Waals surface area (Å²) in [5, 5.41) is 11.1. The van der Waals surface area contributed by atoms with Crippen LogP contribution in [0.25, 0.3) is 11.8 Å². The Hall–Kier alpha value is -3.15. The Bertz CT molecular complexity index is 1040. The Morgan fingerprint density at radius 3 is 2.69 bits per heavy atom. The van der Waals surface area contributed by atoms with Gasteiger partial charge in [0.25, 0.3) is 0 Å². The number of carbonyl (C=O) groups excluding carboxylic acids is 1. The SMILES string of the molecule is Cc1ccc(-n2c(C)cc(/C=C/C(=O)NCCc3nncn3C3CC3)c2C)cc1. The number of hydrogen-bond acceptors (Lipinski definition) is 3. The molecule has 1 aliphatic rings.